The molecule has 1 aromatic carbocycles. The van der Waals surface area contributed by atoms with Crippen molar-refractivity contribution in [1.29, 1.82) is 0 Å². The lowest BCUT2D eigenvalue weighted by atomic mass is 9.87. The normalized spacial score (nSPS) is 11.6. The third-order valence-electron chi connectivity index (χ3n) is 2.97. The molecular weight excluding hydrogens is 274 g/mol. The van der Waals surface area contributed by atoms with Gasteiger partial charge < -0.3 is 0 Å². The molecule has 0 bridgehead atoms. The molecule has 100 valence electrons. The van der Waals surface area contributed by atoms with Gasteiger partial charge in [0.25, 0.3) is 0 Å². The molecule has 0 aliphatic rings. The zero-order valence-electron chi connectivity index (χ0n) is 11.7. The number of benzene rings is 1. The van der Waals surface area contributed by atoms with E-state index in [0.717, 1.165) is 10.5 Å². The largest absolute Gasteiger partial charge is 0.244 e. The molecule has 0 unspecified atom stereocenters. The molecule has 0 radical (unpaired) electrons. The first kappa shape index (κ1) is 14.4. The lowest BCUT2D eigenvalue weighted by Crippen LogP contribution is -2.10. The lowest BCUT2D eigenvalue weighted by molar-refractivity contribution is 0.590. The fraction of sp³-hybridized carbons (Fsp3) is 0.312. The molecule has 0 saturated heterocycles. The van der Waals surface area contributed by atoms with E-state index in [4.69, 9.17) is 11.6 Å². The van der Waals surface area contributed by atoms with Crippen LogP contribution in [0.5, 0.6) is 0 Å². The van der Waals surface area contributed by atoms with E-state index in [1.807, 2.05) is 12.3 Å². The van der Waals surface area contributed by atoms with Crippen LogP contribution in [0.4, 0.5) is 0 Å². The maximum atomic E-state index is 5.94. The van der Waals surface area contributed by atoms with E-state index in [1.165, 1.54) is 10.5 Å². The standard InChI is InChI=1S/C16H18ClNS/c1-11-10-18-15(17)9-14(11)19-13-7-5-12(6-8-13)16(2,3)4/h5-10H,1-4H3. The summed E-state index contributed by atoms with van der Waals surface area (Å²) in [4.78, 5) is 6.46. The van der Waals surface area contributed by atoms with Gasteiger partial charge in [-0.1, -0.05) is 56.3 Å². The maximum Gasteiger partial charge on any atom is 0.130 e. The molecule has 0 saturated carbocycles. The Labute approximate surface area is 124 Å². The topological polar surface area (TPSA) is 12.9 Å². The summed E-state index contributed by atoms with van der Waals surface area (Å²) in [6.45, 7) is 8.72. The highest BCUT2D eigenvalue weighted by Gasteiger charge is 2.13. The first-order chi connectivity index (χ1) is 8.86. The molecule has 2 rings (SSSR count). The highest BCUT2D eigenvalue weighted by molar-refractivity contribution is 7.99. The number of rotatable bonds is 2. The van der Waals surface area contributed by atoms with Crippen molar-refractivity contribution < 1.29 is 0 Å². The lowest BCUT2D eigenvalue weighted by Gasteiger charge is -2.19. The highest BCUT2D eigenvalue weighted by atomic mass is 35.5. The van der Waals surface area contributed by atoms with Gasteiger partial charge in [-0.05, 0) is 41.7 Å². The molecule has 0 amide bonds. The SMILES string of the molecule is Cc1cnc(Cl)cc1Sc1ccc(C(C)(C)C)cc1. The Kier molecular flexibility index (Phi) is 4.22. The summed E-state index contributed by atoms with van der Waals surface area (Å²) >= 11 is 7.67. The van der Waals surface area contributed by atoms with Crippen molar-refractivity contribution in [3.63, 3.8) is 0 Å². The van der Waals surface area contributed by atoms with E-state index in [1.54, 1.807) is 11.8 Å². The van der Waals surface area contributed by atoms with E-state index >= 15 is 0 Å². The van der Waals surface area contributed by atoms with Crippen molar-refractivity contribution in [2.45, 2.75) is 42.9 Å². The van der Waals surface area contributed by atoms with E-state index < -0.39 is 0 Å². The van der Waals surface area contributed by atoms with E-state index in [9.17, 15) is 0 Å². The Hall–Kier alpha value is -0.990. The Balaban J connectivity index is 2.22. The Bertz CT molecular complexity index is 570. The summed E-state index contributed by atoms with van der Waals surface area (Å²) in [5.41, 5.74) is 2.69. The Morgan fingerprint density at radius 3 is 2.32 bits per heavy atom. The predicted octanol–water partition coefficient (Wildman–Crippen LogP) is 5.49. The second-order valence-electron chi connectivity index (χ2n) is 5.65. The van der Waals surface area contributed by atoms with Crippen LogP contribution in [0, 0.1) is 6.92 Å². The number of aromatic nitrogens is 1. The van der Waals surface area contributed by atoms with Gasteiger partial charge in [-0.25, -0.2) is 4.98 Å². The zero-order chi connectivity index (χ0) is 14.0. The van der Waals surface area contributed by atoms with Gasteiger partial charge in [0, 0.05) is 16.0 Å². The van der Waals surface area contributed by atoms with Crippen molar-refractivity contribution in [2.75, 3.05) is 0 Å². The van der Waals surface area contributed by atoms with Gasteiger partial charge in [-0.2, -0.15) is 0 Å². The van der Waals surface area contributed by atoms with Crippen LogP contribution in [-0.4, -0.2) is 4.98 Å². The third kappa shape index (κ3) is 3.74. The third-order valence-corrected chi connectivity index (χ3v) is 4.34. The van der Waals surface area contributed by atoms with Crippen LogP contribution >= 0.6 is 23.4 Å². The minimum Gasteiger partial charge on any atom is -0.244 e. The van der Waals surface area contributed by atoms with E-state index in [0.29, 0.717) is 5.15 Å². The molecule has 1 nitrogen and oxygen atoms in total. The molecule has 2 aromatic rings. The number of nitrogens with zero attached hydrogens (tertiary/aromatic N) is 1. The van der Waals surface area contributed by atoms with Crippen LogP contribution in [0.1, 0.15) is 31.9 Å². The minimum atomic E-state index is 0.194. The predicted molar refractivity (Wildman–Crippen MR) is 83.2 cm³/mol. The molecule has 0 fully saturated rings. The Morgan fingerprint density at radius 2 is 1.74 bits per heavy atom. The summed E-state index contributed by atoms with van der Waals surface area (Å²) in [7, 11) is 0. The summed E-state index contributed by atoms with van der Waals surface area (Å²) in [5.74, 6) is 0. The molecule has 1 heterocycles. The van der Waals surface area contributed by atoms with Crippen LogP contribution < -0.4 is 0 Å². The molecular formula is C16H18ClNS. The molecule has 0 aliphatic heterocycles. The fourth-order valence-corrected chi connectivity index (χ4v) is 2.87. The van der Waals surface area contributed by atoms with Gasteiger partial charge in [0.1, 0.15) is 5.15 Å². The van der Waals surface area contributed by atoms with Crippen LogP contribution in [0.3, 0.4) is 0 Å². The second kappa shape index (κ2) is 5.56. The summed E-state index contributed by atoms with van der Waals surface area (Å²) < 4.78 is 0. The minimum absolute atomic E-state index is 0.194. The van der Waals surface area contributed by atoms with Crippen molar-refractivity contribution in [2.24, 2.45) is 0 Å². The highest BCUT2D eigenvalue weighted by Crippen LogP contribution is 2.32. The van der Waals surface area contributed by atoms with Gasteiger partial charge in [-0.15, -0.1) is 0 Å². The molecule has 3 heteroatoms. The molecule has 0 aliphatic carbocycles. The number of hydrogen-bond acceptors (Lipinski definition) is 2. The number of pyridine rings is 1. The zero-order valence-corrected chi connectivity index (χ0v) is 13.3. The number of hydrogen-bond donors (Lipinski definition) is 0. The van der Waals surface area contributed by atoms with Crippen molar-refractivity contribution in [3.05, 3.63) is 52.8 Å². The van der Waals surface area contributed by atoms with Crippen LogP contribution in [0.2, 0.25) is 5.15 Å². The summed E-state index contributed by atoms with van der Waals surface area (Å²) in [5, 5.41) is 0.541. The molecule has 0 spiro atoms. The first-order valence-corrected chi connectivity index (χ1v) is 7.46. The number of aryl methyl sites for hydroxylation is 1. The molecule has 0 N–H and O–H groups in total. The van der Waals surface area contributed by atoms with Crippen LogP contribution in [-0.2, 0) is 5.41 Å². The van der Waals surface area contributed by atoms with Crippen molar-refractivity contribution in [1.82, 2.24) is 4.98 Å². The average Bonchev–Trinajstić information content (AvgIpc) is 2.33. The monoisotopic (exact) mass is 291 g/mol. The van der Waals surface area contributed by atoms with Gasteiger partial charge >= 0.3 is 0 Å². The Morgan fingerprint density at radius 1 is 1.11 bits per heavy atom. The maximum absolute atomic E-state index is 5.94. The second-order valence-corrected chi connectivity index (χ2v) is 7.15. The van der Waals surface area contributed by atoms with Crippen molar-refractivity contribution in [3.8, 4) is 0 Å². The van der Waals surface area contributed by atoms with Gasteiger partial charge in [0.2, 0.25) is 0 Å². The van der Waals surface area contributed by atoms with Gasteiger partial charge in [0.05, 0.1) is 0 Å². The summed E-state index contributed by atoms with van der Waals surface area (Å²) in [6.07, 6.45) is 1.81. The quantitative estimate of drug-likeness (QED) is 0.678. The van der Waals surface area contributed by atoms with Crippen LogP contribution in [0.15, 0.2) is 46.3 Å². The average molecular weight is 292 g/mol. The van der Waals surface area contributed by atoms with E-state index in [2.05, 4.69) is 56.9 Å². The summed E-state index contributed by atoms with van der Waals surface area (Å²) in [6, 6.07) is 10.6. The first-order valence-electron chi connectivity index (χ1n) is 6.27. The molecule has 0 atom stereocenters. The van der Waals surface area contributed by atoms with Gasteiger partial charge in [-0.3, -0.25) is 0 Å². The molecule has 1 aromatic heterocycles. The number of halogens is 1. The van der Waals surface area contributed by atoms with Gasteiger partial charge in [0.15, 0.2) is 0 Å². The van der Waals surface area contributed by atoms with Crippen molar-refractivity contribution >= 4 is 23.4 Å². The van der Waals surface area contributed by atoms with Crippen LogP contribution in [0.25, 0.3) is 0 Å². The smallest absolute Gasteiger partial charge is 0.130 e. The molecule has 19 heavy (non-hydrogen) atoms. The van der Waals surface area contributed by atoms with E-state index in [-0.39, 0.29) is 5.41 Å². The fourth-order valence-electron chi connectivity index (χ4n) is 1.74.